The van der Waals surface area contributed by atoms with E-state index in [9.17, 15) is 0 Å². The molecule has 2 aliphatic rings. The van der Waals surface area contributed by atoms with Crippen LogP contribution in [0.25, 0.3) is 0 Å². The summed E-state index contributed by atoms with van der Waals surface area (Å²) in [6, 6.07) is 0. The molecule has 1 heteroatoms. The Labute approximate surface area is 87.3 Å². The Morgan fingerprint density at radius 1 is 1.36 bits per heavy atom. The number of nitrogens with one attached hydrogen (secondary N) is 1. The topological polar surface area (TPSA) is 12.0 Å². The van der Waals surface area contributed by atoms with Crippen molar-refractivity contribution in [3.05, 3.63) is 23.3 Å². The van der Waals surface area contributed by atoms with Gasteiger partial charge in [0, 0.05) is 0 Å². The summed E-state index contributed by atoms with van der Waals surface area (Å²) in [5.41, 5.74) is 3.16. The van der Waals surface area contributed by atoms with E-state index < -0.39 is 0 Å². The molecule has 2 rings (SSSR count). The molecule has 0 amide bonds. The van der Waals surface area contributed by atoms with Crippen LogP contribution in [0.5, 0.6) is 0 Å². The van der Waals surface area contributed by atoms with E-state index in [1.54, 1.807) is 11.1 Å². The molecule has 0 aromatic heterocycles. The molecule has 0 radical (unpaired) electrons. The van der Waals surface area contributed by atoms with Crippen molar-refractivity contribution in [3.63, 3.8) is 0 Å². The lowest BCUT2D eigenvalue weighted by atomic mass is 9.88. The van der Waals surface area contributed by atoms with Gasteiger partial charge in [-0.05, 0) is 58.0 Å². The maximum Gasteiger partial charge on any atom is -0.00462 e. The minimum absolute atomic E-state index is 0.935. The largest absolute Gasteiger partial charge is 0.317 e. The molecule has 0 unspecified atom stereocenters. The second kappa shape index (κ2) is 4.79. The van der Waals surface area contributed by atoms with Crippen LogP contribution in [0.3, 0.4) is 0 Å². The summed E-state index contributed by atoms with van der Waals surface area (Å²) in [4.78, 5) is 0. The summed E-state index contributed by atoms with van der Waals surface area (Å²) in [7, 11) is 0. The monoisotopic (exact) mass is 191 g/mol. The van der Waals surface area contributed by atoms with Gasteiger partial charge in [0.2, 0.25) is 0 Å². The van der Waals surface area contributed by atoms with E-state index in [2.05, 4.69) is 24.4 Å². The Morgan fingerprint density at radius 2 is 2.14 bits per heavy atom. The first-order valence-electron chi connectivity index (χ1n) is 5.91. The Balaban J connectivity index is 1.87. The standard InChI is InChI=1S/C13H21N/c1-11-3-2-4-13(9-11)10-12-5-7-14-8-6-12/h4,9,12,14H,2-3,5-8,10H2,1H3. The quantitative estimate of drug-likeness (QED) is 0.707. The van der Waals surface area contributed by atoms with Gasteiger partial charge < -0.3 is 5.32 Å². The van der Waals surface area contributed by atoms with E-state index >= 15 is 0 Å². The summed E-state index contributed by atoms with van der Waals surface area (Å²) in [5, 5.41) is 3.43. The molecule has 1 saturated heterocycles. The van der Waals surface area contributed by atoms with E-state index in [1.807, 2.05) is 0 Å². The third kappa shape index (κ3) is 2.71. The van der Waals surface area contributed by atoms with E-state index in [-0.39, 0.29) is 0 Å². The first-order chi connectivity index (χ1) is 6.84. The lowest BCUT2D eigenvalue weighted by Gasteiger charge is -2.24. The predicted molar refractivity (Wildman–Crippen MR) is 61.3 cm³/mol. The highest BCUT2D eigenvalue weighted by atomic mass is 14.9. The minimum Gasteiger partial charge on any atom is -0.317 e. The molecule has 0 aromatic rings. The van der Waals surface area contributed by atoms with Gasteiger partial charge in [-0.15, -0.1) is 0 Å². The highest BCUT2D eigenvalue weighted by molar-refractivity contribution is 5.27. The molecule has 1 fully saturated rings. The van der Waals surface area contributed by atoms with E-state index in [0.717, 1.165) is 5.92 Å². The summed E-state index contributed by atoms with van der Waals surface area (Å²) < 4.78 is 0. The Morgan fingerprint density at radius 3 is 2.86 bits per heavy atom. The van der Waals surface area contributed by atoms with Gasteiger partial charge in [0.25, 0.3) is 0 Å². The van der Waals surface area contributed by atoms with Gasteiger partial charge in [-0.25, -0.2) is 0 Å². The highest BCUT2D eigenvalue weighted by Gasteiger charge is 2.14. The zero-order chi connectivity index (χ0) is 9.80. The van der Waals surface area contributed by atoms with Gasteiger partial charge in [-0.1, -0.05) is 23.3 Å². The maximum atomic E-state index is 3.43. The number of hydrogen-bond acceptors (Lipinski definition) is 1. The zero-order valence-corrected chi connectivity index (χ0v) is 9.18. The molecule has 1 N–H and O–H groups in total. The minimum atomic E-state index is 0.935. The fourth-order valence-corrected chi connectivity index (χ4v) is 2.49. The molecule has 1 aliphatic heterocycles. The molecule has 0 bridgehead atoms. The molecule has 78 valence electrons. The molecule has 0 aromatic carbocycles. The second-order valence-corrected chi connectivity index (χ2v) is 4.71. The van der Waals surface area contributed by atoms with Crippen molar-refractivity contribution in [2.45, 2.75) is 39.0 Å². The number of piperidine rings is 1. The van der Waals surface area contributed by atoms with Crippen molar-refractivity contribution < 1.29 is 0 Å². The number of hydrogen-bond donors (Lipinski definition) is 1. The Hall–Kier alpha value is -0.560. The Kier molecular flexibility index (Phi) is 3.41. The molecule has 1 nitrogen and oxygen atoms in total. The van der Waals surface area contributed by atoms with Crippen molar-refractivity contribution in [2.24, 2.45) is 5.92 Å². The molecule has 0 saturated carbocycles. The molecular formula is C13H21N. The number of rotatable bonds is 2. The molecule has 0 spiro atoms. The van der Waals surface area contributed by atoms with E-state index in [4.69, 9.17) is 0 Å². The van der Waals surface area contributed by atoms with Crippen molar-refractivity contribution in [2.75, 3.05) is 13.1 Å². The van der Waals surface area contributed by atoms with Crippen LogP contribution in [-0.2, 0) is 0 Å². The van der Waals surface area contributed by atoms with Crippen molar-refractivity contribution >= 4 is 0 Å². The van der Waals surface area contributed by atoms with Crippen LogP contribution in [0.1, 0.15) is 39.0 Å². The fraction of sp³-hybridized carbons (Fsp3) is 0.692. The van der Waals surface area contributed by atoms with Gasteiger partial charge >= 0.3 is 0 Å². The number of allylic oxidation sites excluding steroid dienone is 4. The van der Waals surface area contributed by atoms with Gasteiger partial charge in [0.1, 0.15) is 0 Å². The highest BCUT2D eigenvalue weighted by Crippen LogP contribution is 2.26. The average molecular weight is 191 g/mol. The SMILES string of the molecule is CC1=CC(CC2CCNCC2)=CCC1. The zero-order valence-electron chi connectivity index (χ0n) is 9.18. The first-order valence-corrected chi connectivity index (χ1v) is 5.91. The molecule has 0 atom stereocenters. The van der Waals surface area contributed by atoms with Crippen molar-refractivity contribution in [1.82, 2.24) is 5.32 Å². The van der Waals surface area contributed by atoms with Crippen LogP contribution in [0, 0.1) is 5.92 Å². The second-order valence-electron chi connectivity index (χ2n) is 4.71. The van der Waals surface area contributed by atoms with Gasteiger partial charge in [0.15, 0.2) is 0 Å². The van der Waals surface area contributed by atoms with Crippen LogP contribution in [-0.4, -0.2) is 13.1 Å². The van der Waals surface area contributed by atoms with E-state index in [1.165, 1.54) is 45.2 Å². The first kappa shape index (κ1) is 9.97. The molecule has 1 heterocycles. The van der Waals surface area contributed by atoms with Crippen molar-refractivity contribution in [3.8, 4) is 0 Å². The summed E-state index contributed by atoms with van der Waals surface area (Å²) in [5.74, 6) is 0.935. The van der Waals surface area contributed by atoms with Crippen molar-refractivity contribution in [1.29, 1.82) is 0 Å². The van der Waals surface area contributed by atoms with Crippen LogP contribution < -0.4 is 5.32 Å². The van der Waals surface area contributed by atoms with Crippen LogP contribution in [0.4, 0.5) is 0 Å². The Bertz CT molecular complexity index is 244. The maximum absolute atomic E-state index is 3.43. The summed E-state index contributed by atoms with van der Waals surface area (Å²) in [6.07, 6.45) is 11.4. The predicted octanol–water partition coefficient (Wildman–Crippen LogP) is 3.04. The molecule has 14 heavy (non-hydrogen) atoms. The third-order valence-electron chi connectivity index (χ3n) is 3.36. The van der Waals surface area contributed by atoms with Crippen LogP contribution in [0.15, 0.2) is 23.3 Å². The lowest BCUT2D eigenvalue weighted by Crippen LogP contribution is -2.27. The lowest BCUT2D eigenvalue weighted by molar-refractivity contribution is 0.373. The van der Waals surface area contributed by atoms with Gasteiger partial charge in [-0.3, -0.25) is 0 Å². The van der Waals surface area contributed by atoms with E-state index in [0.29, 0.717) is 0 Å². The fourth-order valence-electron chi connectivity index (χ4n) is 2.49. The van der Waals surface area contributed by atoms with Gasteiger partial charge in [-0.2, -0.15) is 0 Å². The summed E-state index contributed by atoms with van der Waals surface area (Å²) >= 11 is 0. The average Bonchev–Trinajstić information content (AvgIpc) is 2.19. The third-order valence-corrected chi connectivity index (χ3v) is 3.36. The van der Waals surface area contributed by atoms with Crippen LogP contribution >= 0.6 is 0 Å². The summed E-state index contributed by atoms with van der Waals surface area (Å²) in [6.45, 7) is 4.71. The van der Waals surface area contributed by atoms with Crippen LogP contribution in [0.2, 0.25) is 0 Å². The smallest absolute Gasteiger partial charge is 0.00462 e. The molecule has 1 aliphatic carbocycles. The van der Waals surface area contributed by atoms with Gasteiger partial charge in [0.05, 0.1) is 0 Å². The normalized spacial score (nSPS) is 24.4. The molecular weight excluding hydrogens is 170 g/mol.